The molecular weight excluding hydrogens is 730 g/mol. The van der Waals surface area contributed by atoms with E-state index in [-0.39, 0.29) is 11.4 Å². The Hall–Kier alpha value is -3.73. The quantitative estimate of drug-likeness (QED) is 0.145. The highest BCUT2D eigenvalue weighted by molar-refractivity contribution is 9.13. The lowest BCUT2D eigenvalue weighted by molar-refractivity contribution is 0.267. The van der Waals surface area contributed by atoms with Crippen molar-refractivity contribution in [3.8, 4) is 23.1 Å². The molecule has 10 heteroatoms. The standard InChI is InChI=1S/C32H22Br3N3O4/c1-2-40-26-16-21(28(34)29(35)30(26)41-18-19-8-4-3-5-9-19)17-36-38-31(37-24-11-7-6-10-23(24)32(38)39)27-15-20-14-22(33)12-13-25(20)42-27/h3-17H,2,18H2,1H3. The predicted molar refractivity (Wildman–Crippen MR) is 176 cm³/mol. The third-order valence-electron chi connectivity index (χ3n) is 6.45. The minimum absolute atomic E-state index is 0.283. The molecule has 7 nitrogen and oxygen atoms in total. The van der Waals surface area contributed by atoms with E-state index in [1.807, 2.05) is 73.7 Å². The van der Waals surface area contributed by atoms with Crippen LogP contribution in [0.4, 0.5) is 0 Å². The Kier molecular flexibility index (Phi) is 8.28. The first-order valence-electron chi connectivity index (χ1n) is 13.0. The van der Waals surface area contributed by atoms with Gasteiger partial charge in [-0.1, -0.05) is 58.4 Å². The highest BCUT2D eigenvalue weighted by atomic mass is 79.9. The van der Waals surface area contributed by atoms with Crippen LogP contribution in [0.3, 0.4) is 0 Å². The minimum atomic E-state index is -0.323. The summed E-state index contributed by atoms with van der Waals surface area (Å²) in [5.74, 6) is 1.80. The summed E-state index contributed by atoms with van der Waals surface area (Å²) in [4.78, 5) is 18.5. The molecule has 6 rings (SSSR count). The van der Waals surface area contributed by atoms with Crippen LogP contribution in [0.2, 0.25) is 0 Å². The van der Waals surface area contributed by atoms with Gasteiger partial charge >= 0.3 is 0 Å². The van der Waals surface area contributed by atoms with E-state index >= 15 is 0 Å². The maximum Gasteiger partial charge on any atom is 0.282 e. The molecule has 0 fully saturated rings. The minimum Gasteiger partial charge on any atom is -0.490 e. The number of furan rings is 1. The number of rotatable bonds is 8. The molecule has 0 radical (unpaired) electrons. The summed E-state index contributed by atoms with van der Waals surface area (Å²) in [5.41, 5.74) is 2.59. The number of fused-ring (bicyclic) bond motifs is 2. The van der Waals surface area contributed by atoms with Crippen molar-refractivity contribution in [2.24, 2.45) is 5.10 Å². The normalized spacial score (nSPS) is 11.5. The number of aromatic nitrogens is 2. The monoisotopic (exact) mass is 749 g/mol. The molecule has 2 heterocycles. The van der Waals surface area contributed by atoms with E-state index in [0.29, 0.717) is 61.5 Å². The van der Waals surface area contributed by atoms with Gasteiger partial charge in [0.25, 0.3) is 5.56 Å². The van der Waals surface area contributed by atoms with Crippen molar-refractivity contribution in [3.63, 3.8) is 0 Å². The fourth-order valence-corrected chi connectivity index (χ4v) is 5.77. The Morgan fingerprint density at radius 3 is 2.52 bits per heavy atom. The van der Waals surface area contributed by atoms with Gasteiger partial charge in [-0.2, -0.15) is 9.78 Å². The smallest absolute Gasteiger partial charge is 0.282 e. The van der Waals surface area contributed by atoms with Gasteiger partial charge in [-0.3, -0.25) is 4.79 Å². The second-order valence-corrected chi connectivity index (χ2v) is 11.7. The molecule has 0 atom stereocenters. The van der Waals surface area contributed by atoms with E-state index in [9.17, 15) is 4.79 Å². The lowest BCUT2D eigenvalue weighted by atomic mass is 10.2. The summed E-state index contributed by atoms with van der Waals surface area (Å²) < 4.78 is 21.7. The van der Waals surface area contributed by atoms with Crippen molar-refractivity contribution in [1.82, 2.24) is 9.66 Å². The summed E-state index contributed by atoms with van der Waals surface area (Å²) in [7, 11) is 0. The van der Waals surface area contributed by atoms with Gasteiger partial charge in [0.05, 0.1) is 28.2 Å². The Labute approximate surface area is 266 Å². The van der Waals surface area contributed by atoms with Crippen molar-refractivity contribution in [1.29, 1.82) is 0 Å². The highest BCUT2D eigenvalue weighted by Gasteiger charge is 2.19. The van der Waals surface area contributed by atoms with Crippen molar-refractivity contribution >= 4 is 75.9 Å². The van der Waals surface area contributed by atoms with Gasteiger partial charge in [-0.25, -0.2) is 4.98 Å². The topological polar surface area (TPSA) is 78.9 Å². The zero-order valence-electron chi connectivity index (χ0n) is 22.2. The van der Waals surface area contributed by atoms with Crippen LogP contribution in [0.5, 0.6) is 11.5 Å². The number of benzene rings is 4. The number of para-hydroxylation sites is 1. The van der Waals surface area contributed by atoms with E-state index in [1.165, 1.54) is 4.68 Å². The van der Waals surface area contributed by atoms with Crippen molar-refractivity contribution in [2.75, 3.05) is 6.61 Å². The van der Waals surface area contributed by atoms with E-state index in [2.05, 4.69) is 52.9 Å². The first-order valence-corrected chi connectivity index (χ1v) is 15.4. The number of hydrogen-bond acceptors (Lipinski definition) is 6. The maximum absolute atomic E-state index is 13.7. The number of nitrogens with zero attached hydrogens (tertiary/aromatic N) is 3. The second-order valence-electron chi connectivity index (χ2n) is 9.24. The molecule has 210 valence electrons. The zero-order valence-corrected chi connectivity index (χ0v) is 26.9. The van der Waals surface area contributed by atoms with Crippen LogP contribution < -0.4 is 15.0 Å². The summed E-state index contributed by atoms with van der Waals surface area (Å²) in [6, 6.07) is 26.4. The second kappa shape index (κ2) is 12.2. The Morgan fingerprint density at radius 1 is 0.929 bits per heavy atom. The summed E-state index contributed by atoms with van der Waals surface area (Å²) in [6.45, 7) is 2.71. The Bertz CT molecular complexity index is 2020. The van der Waals surface area contributed by atoms with Crippen LogP contribution in [0.1, 0.15) is 18.1 Å². The molecule has 42 heavy (non-hydrogen) atoms. The van der Waals surface area contributed by atoms with Gasteiger partial charge < -0.3 is 13.9 Å². The third-order valence-corrected chi connectivity index (χ3v) is 9.08. The molecule has 0 spiro atoms. The molecule has 0 aliphatic carbocycles. The van der Waals surface area contributed by atoms with Crippen LogP contribution in [0, 0.1) is 0 Å². The van der Waals surface area contributed by atoms with Crippen LogP contribution in [0.25, 0.3) is 33.5 Å². The molecule has 2 aromatic heterocycles. The van der Waals surface area contributed by atoms with Crippen LogP contribution in [0.15, 0.2) is 113 Å². The lowest BCUT2D eigenvalue weighted by Gasteiger charge is -2.16. The van der Waals surface area contributed by atoms with Crippen LogP contribution in [-0.4, -0.2) is 22.5 Å². The van der Waals surface area contributed by atoms with E-state index in [1.54, 1.807) is 24.4 Å². The summed E-state index contributed by atoms with van der Waals surface area (Å²) >= 11 is 10.8. The fourth-order valence-electron chi connectivity index (χ4n) is 4.46. The van der Waals surface area contributed by atoms with Crippen LogP contribution >= 0.6 is 47.8 Å². The maximum atomic E-state index is 13.7. The average Bonchev–Trinajstić information content (AvgIpc) is 3.42. The molecule has 0 unspecified atom stereocenters. The molecular formula is C32H22Br3N3O4. The predicted octanol–water partition coefficient (Wildman–Crippen LogP) is 8.96. The lowest BCUT2D eigenvalue weighted by Crippen LogP contribution is -2.20. The molecule has 0 N–H and O–H groups in total. The molecule has 6 aromatic rings. The SMILES string of the molecule is CCOc1cc(C=Nn2c(-c3cc4cc(Br)ccc4o3)nc3ccccc3c2=O)c(Br)c(Br)c1OCc1ccccc1. The highest BCUT2D eigenvalue weighted by Crippen LogP contribution is 2.43. The number of ether oxygens (including phenoxy) is 2. The van der Waals surface area contributed by atoms with E-state index in [0.717, 1.165) is 15.4 Å². The van der Waals surface area contributed by atoms with Gasteiger partial charge in [-0.15, -0.1) is 0 Å². The third kappa shape index (κ3) is 5.66. The van der Waals surface area contributed by atoms with Crippen molar-refractivity contribution < 1.29 is 13.9 Å². The molecule has 0 saturated heterocycles. The van der Waals surface area contributed by atoms with Crippen molar-refractivity contribution in [3.05, 3.63) is 120 Å². The molecule has 0 amide bonds. The zero-order chi connectivity index (χ0) is 29.2. The van der Waals surface area contributed by atoms with Crippen LogP contribution in [-0.2, 0) is 6.61 Å². The van der Waals surface area contributed by atoms with E-state index in [4.69, 9.17) is 18.9 Å². The van der Waals surface area contributed by atoms with Gasteiger partial charge in [-0.05, 0) is 86.8 Å². The number of hydrogen-bond donors (Lipinski definition) is 0. The average molecular weight is 752 g/mol. The Balaban J connectivity index is 1.45. The van der Waals surface area contributed by atoms with Gasteiger partial charge in [0.2, 0.25) is 5.82 Å². The largest absolute Gasteiger partial charge is 0.490 e. The fraction of sp³-hybridized carbons (Fsp3) is 0.0938. The first-order chi connectivity index (χ1) is 20.4. The molecule has 0 aliphatic rings. The van der Waals surface area contributed by atoms with E-state index < -0.39 is 0 Å². The molecule has 0 bridgehead atoms. The molecule has 0 saturated carbocycles. The van der Waals surface area contributed by atoms with Gasteiger partial charge in [0.1, 0.15) is 12.2 Å². The van der Waals surface area contributed by atoms with Gasteiger partial charge in [0, 0.05) is 19.9 Å². The van der Waals surface area contributed by atoms with Gasteiger partial charge in [0.15, 0.2) is 17.3 Å². The number of halogens is 3. The summed E-state index contributed by atoms with van der Waals surface area (Å²) in [5, 5.41) is 5.93. The molecule has 4 aromatic carbocycles. The summed E-state index contributed by atoms with van der Waals surface area (Å²) in [6.07, 6.45) is 1.58. The first kappa shape index (κ1) is 28.4. The molecule has 0 aliphatic heterocycles. The Morgan fingerprint density at radius 2 is 1.71 bits per heavy atom. The van der Waals surface area contributed by atoms with Crippen molar-refractivity contribution in [2.45, 2.75) is 13.5 Å².